The van der Waals surface area contributed by atoms with Gasteiger partial charge in [-0.1, -0.05) is 17.7 Å². The summed E-state index contributed by atoms with van der Waals surface area (Å²) in [6.45, 7) is 2.31. The first-order valence-electron chi connectivity index (χ1n) is 6.50. The van der Waals surface area contributed by atoms with Gasteiger partial charge < -0.3 is 9.84 Å². The number of piperidine rings is 1. The van der Waals surface area contributed by atoms with Crippen molar-refractivity contribution >= 4 is 17.6 Å². The highest BCUT2D eigenvalue weighted by molar-refractivity contribution is 6.30. The molecule has 1 aromatic carbocycles. The molecular formula is C14H18ClNO3. The van der Waals surface area contributed by atoms with Crippen molar-refractivity contribution in [2.24, 2.45) is 0 Å². The molecule has 1 aliphatic rings. The van der Waals surface area contributed by atoms with E-state index in [0.29, 0.717) is 11.6 Å². The number of carboxylic acid groups (broad SMARTS) is 1. The summed E-state index contributed by atoms with van der Waals surface area (Å²) in [5.74, 6) is 0.0236. The minimum absolute atomic E-state index is 0.112. The quantitative estimate of drug-likeness (QED) is 0.903. The first kappa shape index (κ1) is 14.2. The van der Waals surface area contributed by atoms with Gasteiger partial charge in [-0.15, -0.1) is 0 Å². The van der Waals surface area contributed by atoms with Crippen LogP contribution in [0.5, 0.6) is 5.75 Å². The SMILES string of the molecule is O=C(O)CCN1CCCC(Oc2cccc(Cl)c2)C1. The first-order valence-corrected chi connectivity index (χ1v) is 6.87. The Morgan fingerprint density at radius 1 is 1.53 bits per heavy atom. The zero-order valence-electron chi connectivity index (χ0n) is 10.7. The van der Waals surface area contributed by atoms with Crippen LogP contribution in [0.2, 0.25) is 5.02 Å². The molecule has 1 fully saturated rings. The zero-order chi connectivity index (χ0) is 13.7. The van der Waals surface area contributed by atoms with Crippen molar-refractivity contribution in [3.63, 3.8) is 0 Å². The Hall–Kier alpha value is -1.26. The van der Waals surface area contributed by atoms with Crippen LogP contribution in [0, 0.1) is 0 Å². The van der Waals surface area contributed by atoms with E-state index in [1.165, 1.54) is 0 Å². The van der Waals surface area contributed by atoms with Crippen molar-refractivity contribution in [1.29, 1.82) is 0 Å². The summed E-state index contributed by atoms with van der Waals surface area (Å²) in [6.07, 6.45) is 2.33. The van der Waals surface area contributed by atoms with Crippen LogP contribution in [0.25, 0.3) is 0 Å². The van der Waals surface area contributed by atoms with Crippen LogP contribution in [0.3, 0.4) is 0 Å². The van der Waals surface area contributed by atoms with Gasteiger partial charge in [0.2, 0.25) is 0 Å². The number of carboxylic acids is 1. The smallest absolute Gasteiger partial charge is 0.304 e. The predicted molar refractivity (Wildman–Crippen MR) is 73.8 cm³/mol. The van der Waals surface area contributed by atoms with Crippen molar-refractivity contribution in [1.82, 2.24) is 4.90 Å². The molecule has 2 rings (SSSR count). The summed E-state index contributed by atoms with van der Waals surface area (Å²) in [4.78, 5) is 12.7. The van der Waals surface area contributed by atoms with Gasteiger partial charge in [-0.25, -0.2) is 0 Å². The Bertz CT molecular complexity index is 438. The van der Waals surface area contributed by atoms with Gasteiger partial charge in [0.25, 0.3) is 0 Å². The van der Waals surface area contributed by atoms with Gasteiger partial charge in [0.05, 0.1) is 6.42 Å². The normalized spacial score (nSPS) is 20.2. The molecule has 0 amide bonds. The van der Waals surface area contributed by atoms with Gasteiger partial charge in [-0.2, -0.15) is 0 Å². The predicted octanol–water partition coefficient (Wildman–Crippen LogP) is 2.66. The molecule has 19 heavy (non-hydrogen) atoms. The summed E-state index contributed by atoms with van der Waals surface area (Å²) in [5, 5.41) is 9.37. The van der Waals surface area contributed by atoms with E-state index in [1.54, 1.807) is 6.07 Å². The molecule has 4 nitrogen and oxygen atoms in total. The van der Waals surface area contributed by atoms with Gasteiger partial charge in [0, 0.05) is 18.1 Å². The van der Waals surface area contributed by atoms with Crippen molar-refractivity contribution in [2.75, 3.05) is 19.6 Å². The molecule has 1 aromatic rings. The van der Waals surface area contributed by atoms with Crippen LogP contribution in [0.15, 0.2) is 24.3 Å². The molecule has 0 saturated carbocycles. The summed E-state index contributed by atoms with van der Waals surface area (Å²) < 4.78 is 5.90. The second-order valence-corrected chi connectivity index (χ2v) is 5.22. The summed E-state index contributed by atoms with van der Waals surface area (Å²) in [7, 11) is 0. The molecule has 5 heteroatoms. The fourth-order valence-corrected chi connectivity index (χ4v) is 2.48. The maximum Gasteiger partial charge on any atom is 0.304 e. The number of benzene rings is 1. The van der Waals surface area contributed by atoms with Crippen LogP contribution in [0.1, 0.15) is 19.3 Å². The molecule has 104 valence electrons. The third-order valence-corrected chi connectivity index (χ3v) is 3.44. The number of ether oxygens (including phenoxy) is 1. The van der Waals surface area contributed by atoms with E-state index in [9.17, 15) is 4.79 Å². The minimum atomic E-state index is -0.752. The Labute approximate surface area is 117 Å². The van der Waals surface area contributed by atoms with Crippen molar-refractivity contribution < 1.29 is 14.6 Å². The maximum atomic E-state index is 10.6. The highest BCUT2D eigenvalue weighted by atomic mass is 35.5. The Morgan fingerprint density at radius 3 is 3.11 bits per heavy atom. The molecular weight excluding hydrogens is 266 g/mol. The number of carbonyl (C=O) groups is 1. The van der Waals surface area contributed by atoms with E-state index in [0.717, 1.165) is 31.7 Å². The third kappa shape index (κ3) is 4.73. The van der Waals surface area contributed by atoms with Gasteiger partial charge in [-0.05, 0) is 37.6 Å². The number of nitrogens with zero attached hydrogens (tertiary/aromatic N) is 1. The Balaban J connectivity index is 1.85. The third-order valence-electron chi connectivity index (χ3n) is 3.20. The molecule has 0 aliphatic carbocycles. The number of hydrogen-bond acceptors (Lipinski definition) is 3. The second kappa shape index (κ2) is 6.78. The van der Waals surface area contributed by atoms with Crippen LogP contribution in [-0.2, 0) is 4.79 Å². The summed E-state index contributed by atoms with van der Waals surface area (Å²) in [5.41, 5.74) is 0. The van der Waals surface area contributed by atoms with Crippen LogP contribution in [0.4, 0.5) is 0 Å². The molecule has 1 saturated heterocycles. The van der Waals surface area contributed by atoms with Gasteiger partial charge in [0.15, 0.2) is 0 Å². The molecule has 1 unspecified atom stereocenters. The van der Waals surface area contributed by atoms with Crippen LogP contribution >= 0.6 is 11.6 Å². The lowest BCUT2D eigenvalue weighted by molar-refractivity contribution is -0.137. The number of likely N-dealkylation sites (tertiary alicyclic amines) is 1. The zero-order valence-corrected chi connectivity index (χ0v) is 11.5. The first-order chi connectivity index (χ1) is 9.13. The highest BCUT2D eigenvalue weighted by Gasteiger charge is 2.21. The molecule has 0 aromatic heterocycles. The number of hydrogen-bond donors (Lipinski definition) is 1. The van der Waals surface area contributed by atoms with Crippen molar-refractivity contribution in [3.8, 4) is 5.75 Å². The average Bonchev–Trinajstić information content (AvgIpc) is 2.37. The van der Waals surface area contributed by atoms with Gasteiger partial charge >= 0.3 is 5.97 Å². The van der Waals surface area contributed by atoms with Crippen molar-refractivity contribution in [3.05, 3.63) is 29.3 Å². The largest absolute Gasteiger partial charge is 0.489 e. The van der Waals surface area contributed by atoms with E-state index >= 15 is 0 Å². The van der Waals surface area contributed by atoms with Crippen LogP contribution < -0.4 is 4.74 Å². The molecule has 0 spiro atoms. The van der Waals surface area contributed by atoms with Crippen LogP contribution in [-0.4, -0.2) is 41.7 Å². The number of halogens is 1. The van der Waals surface area contributed by atoms with E-state index < -0.39 is 5.97 Å². The Morgan fingerprint density at radius 2 is 2.37 bits per heavy atom. The Kier molecular flexibility index (Phi) is 5.05. The summed E-state index contributed by atoms with van der Waals surface area (Å²) in [6, 6.07) is 7.37. The van der Waals surface area contributed by atoms with Crippen molar-refractivity contribution in [2.45, 2.75) is 25.4 Å². The second-order valence-electron chi connectivity index (χ2n) is 4.78. The lowest BCUT2D eigenvalue weighted by Crippen LogP contribution is -2.41. The fourth-order valence-electron chi connectivity index (χ4n) is 2.30. The molecule has 1 atom stereocenters. The molecule has 1 N–H and O–H groups in total. The van der Waals surface area contributed by atoms with Gasteiger partial charge in [0.1, 0.15) is 11.9 Å². The molecule has 0 radical (unpaired) electrons. The van der Waals surface area contributed by atoms with E-state index in [-0.39, 0.29) is 12.5 Å². The monoisotopic (exact) mass is 283 g/mol. The summed E-state index contributed by atoms with van der Waals surface area (Å²) >= 11 is 5.92. The van der Waals surface area contributed by atoms with E-state index in [2.05, 4.69) is 4.90 Å². The standard InChI is InChI=1S/C14H18ClNO3/c15-11-3-1-4-12(9-11)19-13-5-2-7-16(10-13)8-6-14(17)18/h1,3-4,9,13H,2,5-8,10H2,(H,17,18). The van der Waals surface area contributed by atoms with E-state index in [1.807, 2.05) is 18.2 Å². The lowest BCUT2D eigenvalue weighted by atomic mass is 10.1. The topological polar surface area (TPSA) is 49.8 Å². The minimum Gasteiger partial charge on any atom is -0.489 e. The molecule has 1 aliphatic heterocycles. The molecule has 1 heterocycles. The number of rotatable bonds is 5. The average molecular weight is 284 g/mol. The number of aliphatic carboxylic acids is 1. The highest BCUT2D eigenvalue weighted by Crippen LogP contribution is 2.21. The van der Waals surface area contributed by atoms with E-state index in [4.69, 9.17) is 21.4 Å². The van der Waals surface area contributed by atoms with Gasteiger partial charge in [-0.3, -0.25) is 9.69 Å². The lowest BCUT2D eigenvalue weighted by Gasteiger charge is -2.32. The fraction of sp³-hybridized carbons (Fsp3) is 0.500. The maximum absolute atomic E-state index is 10.6. The molecule has 0 bridgehead atoms.